The molecule has 1 amide bonds. The number of ketones is 1. The number of benzene rings is 1. The van der Waals surface area contributed by atoms with E-state index in [1.807, 2.05) is 42.1 Å². The molecule has 1 N–H and O–H groups in total. The zero-order chi connectivity index (χ0) is 25.5. The van der Waals surface area contributed by atoms with Gasteiger partial charge in [-0.05, 0) is 43.2 Å². The number of nitrogens with one attached hydrogen (secondary N) is 1. The number of carbonyl (C=O) groups is 2. The van der Waals surface area contributed by atoms with Crippen molar-refractivity contribution >= 4 is 22.6 Å². The Kier molecular flexibility index (Phi) is 9.01. The van der Waals surface area contributed by atoms with Gasteiger partial charge in [-0.2, -0.15) is 0 Å². The van der Waals surface area contributed by atoms with E-state index < -0.39 is 0 Å². The van der Waals surface area contributed by atoms with Gasteiger partial charge in [-0.25, -0.2) is 4.98 Å². The van der Waals surface area contributed by atoms with Crippen molar-refractivity contribution in [3.63, 3.8) is 0 Å². The lowest BCUT2D eigenvalue weighted by molar-refractivity contribution is -0.135. The van der Waals surface area contributed by atoms with Crippen LogP contribution in [0.25, 0.3) is 10.9 Å². The number of amides is 1. The maximum atomic E-state index is 13.2. The monoisotopic (exact) mass is 478 g/mol. The van der Waals surface area contributed by atoms with E-state index in [1.165, 1.54) is 0 Å². The lowest BCUT2D eigenvalue weighted by Gasteiger charge is -2.32. The summed E-state index contributed by atoms with van der Waals surface area (Å²) in [5.74, 6) is 1.26. The van der Waals surface area contributed by atoms with Gasteiger partial charge < -0.3 is 14.8 Å². The largest absolute Gasteiger partial charge is 0.383 e. The molecule has 0 unspecified atom stereocenters. The number of H-pyrrole nitrogens is 1. The van der Waals surface area contributed by atoms with Gasteiger partial charge >= 0.3 is 0 Å². The van der Waals surface area contributed by atoms with Gasteiger partial charge in [0.15, 0.2) is 5.78 Å². The summed E-state index contributed by atoms with van der Waals surface area (Å²) in [7, 11) is 3.77. The summed E-state index contributed by atoms with van der Waals surface area (Å²) in [6.45, 7) is 9.23. The molecular formula is C28H38N4O3. The second-order valence-electron chi connectivity index (χ2n) is 10.2. The fourth-order valence-electron chi connectivity index (χ4n) is 4.91. The van der Waals surface area contributed by atoms with Gasteiger partial charge in [0, 0.05) is 57.7 Å². The molecule has 2 aromatic rings. The molecule has 188 valence electrons. The Morgan fingerprint density at radius 1 is 1.23 bits per heavy atom. The zero-order valence-corrected chi connectivity index (χ0v) is 21.4. The van der Waals surface area contributed by atoms with Gasteiger partial charge in [0.25, 0.3) is 5.56 Å². The first-order valence-electron chi connectivity index (χ1n) is 12.5. The van der Waals surface area contributed by atoms with E-state index in [0.29, 0.717) is 67.0 Å². The molecule has 1 aliphatic heterocycles. The third-order valence-electron chi connectivity index (χ3n) is 6.53. The average Bonchev–Trinajstić information content (AvgIpc) is 2.81. The van der Waals surface area contributed by atoms with Gasteiger partial charge in [0.05, 0.1) is 10.9 Å². The molecule has 1 fully saturated rings. The number of piperidine rings is 1. The molecule has 0 bridgehead atoms. The molecular weight excluding hydrogens is 440 g/mol. The zero-order valence-electron chi connectivity index (χ0n) is 21.4. The Hall–Kier alpha value is -3.22. The first-order chi connectivity index (χ1) is 16.7. The number of hydrogen-bond acceptors (Lipinski definition) is 5. The Balaban J connectivity index is 1.64. The van der Waals surface area contributed by atoms with Crippen LogP contribution >= 0.6 is 0 Å². The number of nitrogens with zero attached hydrogens (tertiary/aromatic N) is 3. The van der Waals surface area contributed by atoms with E-state index in [1.54, 1.807) is 18.3 Å². The molecule has 1 saturated heterocycles. The molecule has 7 nitrogen and oxygen atoms in total. The standard InChI is InChI=1S/C28H38N4O3/c1-6-21(18-31(4)5)27(34)22-11-13-32(14-12-22)26(33)17-20(15-19(2)3)16-25-29-24-10-8-7-9-23(24)28(35)30-25/h6-10,18-20,22H,1,11-17H2,2-5H3,(H,29,30,35)/b21-18+/t20-/m0/s1. The molecule has 0 saturated carbocycles. The number of aromatic nitrogens is 2. The van der Waals surface area contributed by atoms with Crippen LogP contribution in [0.15, 0.2) is 53.5 Å². The second kappa shape index (κ2) is 12.0. The predicted molar refractivity (Wildman–Crippen MR) is 140 cm³/mol. The Bertz CT molecular complexity index is 1140. The van der Waals surface area contributed by atoms with Crippen molar-refractivity contribution < 1.29 is 9.59 Å². The first kappa shape index (κ1) is 26.4. The number of Topliss-reactive ketones (excluding diaryl/α,β-unsaturated/α-hetero) is 1. The SMILES string of the molecule is C=C/C(=C\N(C)C)C(=O)C1CCN(C(=O)C[C@H](Cc2nc3ccccc3c(=O)[nH]2)CC(C)C)CC1. The van der Waals surface area contributed by atoms with Gasteiger partial charge in [0.2, 0.25) is 5.91 Å². The minimum absolute atomic E-state index is 0.0819. The summed E-state index contributed by atoms with van der Waals surface area (Å²) in [6.07, 6.45) is 6.57. The molecule has 1 atom stereocenters. The third kappa shape index (κ3) is 7.13. The van der Waals surface area contributed by atoms with E-state index in [4.69, 9.17) is 0 Å². The molecule has 2 heterocycles. The minimum atomic E-state index is -0.144. The molecule has 7 heteroatoms. The molecule has 35 heavy (non-hydrogen) atoms. The van der Waals surface area contributed by atoms with Crippen LogP contribution in [-0.2, 0) is 16.0 Å². The number of likely N-dealkylation sites (tertiary alicyclic amines) is 1. The maximum Gasteiger partial charge on any atom is 0.258 e. The van der Waals surface area contributed by atoms with Crippen molar-refractivity contribution in [1.29, 1.82) is 0 Å². The van der Waals surface area contributed by atoms with E-state index >= 15 is 0 Å². The third-order valence-corrected chi connectivity index (χ3v) is 6.53. The van der Waals surface area contributed by atoms with Crippen molar-refractivity contribution in [2.45, 2.75) is 46.0 Å². The van der Waals surface area contributed by atoms with Crippen LogP contribution in [-0.4, -0.2) is 58.6 Å². The molecule has 3 rings (SSSR count). The van der Waals surface area contributed by atoms with Crippen molar-refractivity contribution in [1.82, 2.24) is 19.8 Å². The van der Waals surface area contributed by atoms with Crippen molar-refractivity contribution in [3.05, 3.63) is 64.9 Å². The normalized spacial score (nSPS) is 15.9. The summed E-state index contributed by atoms with van der Waals surface area (Å²) >= 11 is 0. The molecule has 1 aromatic carbocycles. The highest BCUT2D eigenvalue weighted by molar-refractivity contribution is 5.99. The van der Waals surface area contributed by atoms with Gasteiger partial charge in [0.1, 0.15) is 5.82 Å². The van der Waals surface area contributed by atoms with Gasteiger partial charge in [-0.1, -0.05) is 38.6 Å². The highest BCUT2D eigenvalue weighted by Gasteiger charge is 2.29. The fraction of sp³-hybridized carbons (Fsp3) is 0.500. The van der Waals surface area contributed by atoms with Crippen LogP contribution in [0.5, 0.6) is 0 Å². The van der Waals surface area contributed by atoms with Crippen molar-refractivity contribution in [2.24, 2.45) is 17.8 Å². The number of aromatic amines is 1. The van der Waals surface area contributed by atoms with Crippen molar-refractivity contribution in [2.75, 3.05) is 27.2 Å². The summed E-state index contributed by atoms with van der Waals surface area (Å²) in [4.78, 5) is 49.8. The number of rotatable bonds is 10. The van der Waals surface area contributed by atoms with Gasteiger partial charge in [-0.15, -0.1) is 0 Å². The highest BCUT2D eigenvalue weighted by Crippen LogP contribution is 2.25. The number of para-hydroxylation sites is 1. The van der Waals surface area contributed by atoms with Crippen LogP contribution in [0.2, 0.25) is 0 Å². The summed E-state index contributed by atoms with van der Waals surface area (Å²) < 4.78 is 0. The average molecular weight is 479 g/mol. The van der Waals surface area contributed by atoms with Crippen LogP contribution in [0.4, 0.5) is 0 Å². The lowest BCUT2D eigenvalue weighted by Crippen LogP contribution is -2.41. The smallest absolute Gasteiger partial charge is 0.258 e. The topological polar surface area (TPSA) is 86.4 Å². The number of hydrogen-bond donors (Lipinski definition) is 1. The Labute approximate surface area is 207 Å². The summed E-state index contributed by atoms with van der Waals surface area (Å²) in [6, 6.07) is 7.30. The van der Waals surface area contributed by atoms with E-state index in [9.17, 15) is 14.4 Å². The highest BCUT2D eigenvalue weighted by atomic mass is 16.2. The van der Waals surface area contributed by atoms with Crippen LogP contribution in [0.1, 0.15) is 45.4 Å². The lowest BCUT2D eigenvalue weighted by atomic mass is 9.87. The van der Waals surface area contributed by atoms with Crippen LogP contribution in [0.3, 0.4) is 0 Å². The molecule has 0 aliphatic carbocycles. The minimum Gasteiger partial charge on any atom is -0.383 e. The number of carbonyl (C=O) groups excluding carboxylic acids is 2. The number of allylic oxidation sites excluding steroid dienone is 2. The Morgan fingerprint density at radius 3 is 2.54 bits per heavy atom. The molecule has 0 radical (unpaired) electrons. The first-order valence-corrected chi connectivity index (χ1v) is 12.5. The van der Waals surface area contributed by atoms with Gasteiger partial charge in [-0.3, -0.25) is 14.4 Å². The van der Waals surface area contributed by atoms with Crippen LogP contribution in [0, 0.1) is 17.8 Å². The quantitative estimate of drug-likeness (QED) is 0.413. The van der Waals surface area contributed by atoms with Crippen molar-refractivity contribution in [3.8, 4) is 0 Å². The molecule has 1 aliphatic rings. The predicted octanol–water partition coefficient (Wildman–Crippen LogP) is 3.96. The van der Waals surface area contributed by atoms with E-state index in [2.05, 4.69) is 30.4 Å². The summed E-state index contributed by atoms with van der Waals surface area (Å²) in [5.41, 5.74) is 1.15. The number of fused-ring (bicyclic) bond motifs is 1. The summed E-state index contributed by atoms with van der Waals surface area (Å²) in [5, 5.41) is 0.574. The van der Waals surface area contributed by atoms with E-state index in [-0.39, 0.29) is 29.1 Å². The van der Waals surface area contributed by atoms with E-state index in [0.717, 1.165) is 6.42 Å². The fourth-order valence-corrected chi connectivity index (χ4v) is 4.91. The second-order valence-corrected chi connectivity index (χ2v) is 10.2. The molecule has 0 spiro atoms. The maximum absolute atomic E-state index is 13.2. The Morgan fingerprint density at radius 2 is 1.91 bits per heavy atom. The molecule has 1 aromatic heterocycles. The van der Waals surface area contributed by atoms with Crippen LogP contribution < -0.4 is 5.56 Å².